The molecule has 0 aliphatic rings. The Morgan fingerprint density at radius 2 is 1.76 bits per heavy atom. The molecule has 180 valence electrons. The Kier molecular flexibility index (Phi) is 9.99. The molecule has 7 nitrogen and oxygen atoms in total. The summed E-state index contributed by atoms with van der Waals surface area (Å²) >= 11 is 8.23. The number of anilines is 1. The smallest absolute Gasteiger partial charge is 0.244 e. The molecule has 2 rings (SSSR count). The maximum absolute atomic E-state index is 13.4. The molecule has 0 saturated heterocycles. The van der Waals surface area contributed by atoms with Gasteiger partial charge in [0.1, 0.15) is 12.6 Å². The molecule has 0 aliphatic heterocycles. The molecular weight excluding hydrogens is 577 g/mol. The Labute approximate surface area is 214 Å². The van der Waals surface area contributed by atoms with Gasteiger partial charge in [-0.1, -0.05) is 30.7 Å². The van der Waals surface area contributed by atoms with Crippen molar-refractivity contribution in [3.8, 4) is 0 Å². The highest BCUT2D eigenvalue weighted by atomic mass is 127. The predicted molar refractivity (Wildman–Crippen MR) is 141 cm³/mol. The molecule has 0 aliphatic carbocycles. The summed E-state index contributed by atoms with van der Waals surface area (Å²) in [6, 6.07) is 13.0. The van der Waals surface area contributed by atoms with Gasteiger partial charge in [-0.3, -0.25) is 13.9 Å². The zero-order valence-corrected chi connectivity index (χ0v) is 22.8. The van der Waals surface area contributed by atoms with Crippen LogP contribution in [0.25, 0.3) is 0 Å². The van der Waals surface area contributed by atoms with Crippen molar-refractivity contribution < 1.29 is 18.0 Å². The second-order valence-corrected chi connectivity index (χ2v) is 11.5. The van der Waals surface area contributed by atoms with Crippen LogP contribution in [0.4, 0.5) is 5.69 Å². The summed E-state index contributed by atoms with van der Waals surface area (Å²) in [5.74, 6) is -0.800. The highest BCUT2D eigenvalue weighted by Crippen LogP contribution is 2.21. The van der Waals surface area contributed by atoms with Crippen molar-refractivity contribution in [2.75, 3.05) is 17.1 Å². The summed E-state index contributed by atoms with van der Waals surface area (Å²) in [5, 5.41) is 3.40. The van der Waals surface area contributed by atoms with E-state index in [0.717, 1.165) is 26.1 Å². The first kappa shape index (κ1) is 27.4. The summed E-state index contributed by atoms with van der Waals surface area (Å²) in [5.41, 5.74) is 1.12. The molecule has 0 spiro atoms. The van der Waals surface area contributed by atoms with Gasteiger partial charge in [-0.05, 0) is 84.8 Å². The molecule has 2 aromatic rings. The zero-order chi connectivity index (χ0) is 24.8. The molecule has 33 heavy (non-hydrogen) atoms. The molecule has 2 aromatic carbocycles. The van der Waals surface area contributed by atoms with Crippen molar-refractivity contribution in [2.24, 2.45) is 0 Å². The van der Waals surface area contributed by atoms with Crippen LogP contribution in [0, 0.1) is 3.57 Å². The largest absolute Gasteiger partial charge is 0.352 e. The first-order valence-electron chi connectivity index (χ1n) is 10.5. The van der Waals surface area contributed by atoms with Crippen molar-refractivity contribution in [3.05, 3.63) is 62.7 Å². The lowest BCUT2D eigenvalue weighted by molar-refractivity contribution is -0.139. The predicted octanol–water partition coefficient (Wildman–Crippen LogP) is 4.04. The van der Waals surface area contributed by atoms with Gasteiger partial charge in [-0.15, -0.1) is 0 Å². The normalized spacial score (nSPS) is 13.2. The van der Waals surface area contributed by atoms with E-state index in [1.54, 1.807) is 55.5 Å². The molecular formula is C23H29ClIN3O4S. The summed E-state index contributed by atoms with van der Waals surface area (Å²) in [6.45, 7) is 5.15. The number of sulfonamides is 1. The number of rotatable bonds is 10. The highest BCUT2D eigenvalue weighted by molar-refractivity contribution is 14.1. The topological polar surface area (TPSA) is 86.8 Å². The van der Waals surface area contributed by atoms with E-state index < -0.39 is 28.5 Å². The van der Waals surface area contributed by atoms with Crippen LogP contribution in [0.5, 0.6) is 0 Å². The molecule has 0 unspecified atom stereocenters. The van der Waals surface area contributed by atoms with Gasteiger partial charge >= 0.3 is 0 Å². The van der Waals surface area contributed by atoms with E-state index in [1.165, 1.54) is 4.90 Å². The minimum absolute atomic E-state index is 0.0534. The van der Waals surface area contributed by atoms with Crippen molar-refractivity contribution in [1.29, 1.82) is 0 Å². The van der Waals surface area contributed by atoms with Gasteiger partial charge in [0.25, 0.3) is 0 Å². The van der Waals surface area contributed by atoms with E-state index >= 15 is 0 Å². The van der Waals surface area contributed by atoms with Crippen LogP contribution in [-0.2, 0) is 26.2 Å². The van der Waals surface area contributed by atoms with E-state index in [4.69, 9.17) is 11.6 Å². The summed E-state index contributed by atoms with van der Waals surface area (Å²) < 4.78 is 27.0. The number of hydrogen-bond donors (Lipinski definition) is 1. The van der Waals surface area contributed by atoms with Gasteiger partial charge in [0.2, 0.25) is 21.8 Å². The molecule has 0 fully saturated rings. The minimum Gasteiger partial charge on any atom is -0.352 e. The molecule has 0 aromatic heterocycles. The van der Waals surface area contributed by atoms with Gasteiger partial charge in [0, 0.05) is 21.2 Å². The molecule has 0 saturated carbocycles. The van der Waals surface area contributed by atoms with Crippen LogP contribution in [0.2, 0.25) is 5.02 Å². The second-order valence-electron chi connectivity index (χ2n) is 7.89. The first-order chi connectivity index (χ1) is 15.4. The standard InChI is InChI=1S/C23H29ClIN3O4S/c1-5-16(2)26-23(30)17(3)27(14-18-7-6-8-19(24)13-18)22(29)15-28(33(4,31)32)21-11-9-20(25)10-12-21/h6-13,16-17H,5,14-15H2,1-4H3,(H,26,30)/t16-,17+/m0/s1. The molecule has 0 bridgehead atoms. The Hall–Kier alpha value is -1.85. The second kappa shape index (κ2) is 12.0. The third-order valence-corrected chi connectivity index (χ3v) is 7.30. The number of benzene rings is 2. The monoisotopic (exact) mass is 605 g/mol. The number of halogens is 2. The van der Waals surface area contributed by atoms with Crippen LogP contribution >= 0.6 is 34.2 Å². The zero-order valence-electron chi connectivity index (χ0n) is 19.1. The quantitative estimate of drug-likeness (QED) is 0.414. The van der Waals surface area contributed by atoms with E-state index in [2.05, 4.69) is 27.9 Å². The maximum Gasteiger partial charge on any atom is 0.244 e. The molecule has 10 heteroatoms. The van der Waals surface area contributed by atoms with Gasteiger partial charge in [-0.25, -0.2) is 8.42 Å². The number of amides is 2. The molecule has 2 atom stereocenters. The SMILES string of the molecule is CC[C@H](C)NC(=O)[C@@H](C)N(Cc1cccc(Cl)c1)C(=O)CN(c1ccc(I)cc1)S(C)(=O)=O. The number of nitrogens with one attached hydrogen (secondary N) is 1. The fraction of sp³-hybridized carbons (Fsp3) is 0.391. The Morgan fingerprint density at radius 3 is 2.30 bits per heavy atom. The molecule has 0 radical (unpaired) electrons. The average Bonchev–Trinajstić information content (AvgIpc) is 2.75. The van der Waals surface area contributed by atoms with Crippen LogP contribution in [0.15, 0.2) is 48.5 Å². The van der Waals surface area contributed by atoms with E-state index in [1.807, 2.05) is 13.8 Å². The number of nitrogens with zero attached hydrogens (tertiary/aromatic N) is 2. The van der Waals surface area contributed by atoms with Gasteiger partial charge in [0.15, 0.2) is 0 Å². The number of hydrogen-bond acceptors (Lipinski definition) is 4. The van der Waals surface area contributed by atoms with Gasteiger partial charge < -0.3 is 10.2 Å². The van der Waals surface area contributed by atoms with Crippen molar-refractivity contribution in [2.45, 2.75) is 45.8 Å². The molecule has 2 amide bonds. The summed E-state index contributed by atoms with van der Waals surface area (Å²) in [4.78, 5) is 27.7. The summed E-state index contributed by atoms with van der Waals surface area (Å²) in [6.07, 6.45) is 1.80. The number of carbonyl (C=O) groups is 2. The van der Waals surface area contributed by atoms with Crippen LogP contribution in [0.1, 0.15) is 32.8 Å². The molecule has 0 heterocycles. The third kappa shape index (κ3) is 8.15. The Bertz CT molecular complexity index is 1080. The van der Waals surface area contributed by atoms with Gasteiger partial charge in [0.05, 0.1) is 11.9 Å². The Balaban J connectivity index is 2.37. The van der Waals surface area contributed by atoms with Crippen LogP contribution in [-0.4, -0.2) is 50.0 Å². The van der Waals surface area contributed by atoms with Crippen molar-refractivity contribution in [3.63, 3.8) is 0 Å². The average molecular weight is 606 g/mol. The van der Waals surface area contributed by atoms with Gasteiger partial charge in [-0.2, -0.15) is 0 Å². The Morgan fingerprint density at radius 1 is 1.12 bits per heavy atom. The highest BCUT2D eigenvalue weighted by Gasteiger charge is 2.30. The lowest BCUT2D eigenvalue weighted by atomic mass is 10.1. The van der Waals surface area contributed by atoms with Crippen molar-refractivity contribution >= 4 is 61.7 Å². The lowest BCUT2D eigenvalue weighted by Crippen LogP contribution is -2.52. The lowest BCUT2D eigenvalue weighted by Gasteiger charge is -2.32. The fourth-order valence-electron chi connectivity index (χ4n) is 3.10. The van der Waals surface area contributed by atoms with Crippen LogP contribution < -0.4 is 9.62 Å². The molecule has 1 N–H and O–H groups in total. The van der Waals surface area contributed by atoms with Crippen molar-refractivity contribution in [1.82, 2.24) is 10.2 Å². The first-order valence-corrected chi connectivity index (χ1v) is 13.8. The van der Waals surface area contributed by atoms with E-state index in [0.29, 0.717) is 10.7 Å². The number of carbonyl (C=O) groups excluding carboxylic acids is 2. The van der Waals surface area contributed by atoms with E-state index in [9.17, 15) is 18.0 Å². The third-order valence-electron chi connectivity index (χ3n) is 5.20. The maximum atomic E-state index is 13.4. The van der Waals surface area contributed by atoms with Crippen LogP contribution in [0.3, 0.4) is 0 Å². The van der Waals surface area contributed by atoms with E-state index in [-0.39, 0.29) is 18.5 Å². The minimum atomic E-state index is -3.75. The fourth-order valence-corrected chi connectivity index (χ4v) is 4.52. The summed E-state index contributed by atoms with van der Waals surface area (Å²) in [7, 11) is -3.75.